The quantitative estimate of drug-likeness (QED) is 0.276. The van der Waals surface area contributed by atoms with Crippen LogP contribution in [0.25, 0.3) is 0 Å². The highest BCUT2D eigenvalue weighted by molar-refractivity contribution is 5.97. The van der Waals surface area contributed by atoms with Gasteiger partial charge in [0.05, 0.1) is 5.56 Å². The average Bonchev–Trinajstić information content (AvgIpc) is 2.81. The number of carboxylic acids is 1. The number of rotatable bonds is 8. The van der Waals surface area contributed by atoms with Crippen LogP contribution in [0.1, 0.15) is 29.6 Å². The number of alkyl halides is 3. The average molecular weight is 508 g/mol. The molecule has 14 heteroatoms. The molecule has 6 N–H and O–H groups in total. The van der Waals surface area contributed by atoms with Gasteiger partial charge in [-0.25, -0.2) is 4.79 Å². The maximum absolute atomic E-state index is 12.8. The van der Waals surface area contributed by atoms with Crippen LogP contribution in [0.2, 0.25) is 0 Å². The fourth-order valence-electron chi connectivity index (χ4n) is 3.74. The third-order valence-corrected chi connectivity index (χ3v) is 5.57. The van der Waals surface area contributed by atoms with Crippen molar-refractivity contribution in [1.29, 1.82) is 0 Å². The van der Waals surface area contributed by atoms with Crippen LogP contribution in [0.3, 0.4) is 0 Å². The second kappa shape index (κ2) is 11.4. The van der Waals surface area contributed by atoms with Gasteiger partial charge in [0, 0.05) is 12.6 Å². The Bertz CT molecular complexity index is 895. The molecule has 0 saturated carbocycles. The minimum Gasteiger partial charge on any atom is -0.483 e. The van der Waals surface area contributed by atoms with Crippen molar-refractivity contribution < 1.29 is 57.4 Å². The highest BCUT2D eigenvalue weighted by Crippen LogP contribution is 2.30. The van der Waals surface area contributed by atoms with E-state index in [0.29, 0.717) is 0 Å². The zero-order valence-corrected chi connectivity index (χ0v) is 18.4. The molecule has 11 nitrogen and oxygen atoms in total. The van der Waals surface area contributed by atoms with E-state index in [1.54, 1.807) is 0 Å². The van der Waals surface area contributed by atoms with E-state index in [0.717, 1.165) is 44.0 Å². The first kappa shape index (κ1) is 26.9. The van der Waals surface area contributed by atoms with Gasteiger partial charge in [-0.1, -0.05) is 6.42 Å². The first-order valence-electron chi connectivity index (χ1n) is 10.9. The number of carboxylic acid groups (broad SMARTS) is 1. The number of aliphatic hydroxyl groups is 3. The predicted octanol–water partition coefficient (Wildman–Crippen LogP) is -0.229. The number of halogens is 3. The van der Waals surface area contributed by atoms with Crippen LogP contribution in [0, 0.1) is 0 Å². The summed E-state index contributed by atoms with van der Waals surface area (Å²) in [5, 5.41) is 44.8. The number of carbonyl (C=O) groups excluding carboxylic acids is 1. The Morgan fingerprint density at radius 1 is 1.14 bits per heavy atom. The summed E-state index contributed by atoms with van der Waals surface area (Å²) in [6.45, 7) is -0.644. The molecular weight excluding hydrogens is 481 g/mol. The van der Waals surface area contributed by atoms with Gasteiger partial charge in [-0.2, -0.15) is 13.2 Å². The molecule has 0 spiro atoms. The van der Waals surface area contributed by atoms with Crippen molar-refractivity contribution >= 4 is 11.9 Å². The lowest BCUT2D eigenvalue weighted by Crippen LogP contribution is -2.61. The number of benzene rings is 1. The van der Waals surface area contributed by atoms with E-state index in [2.05, 4.69) is 10.6 Å². The van der Waals surface area contributed by atoms with E-state index in [9.17, 15) is 38.1 Å². The molecular formula is C21H27F3N2O9. The highest BCUT2D eigenvalue weighted by atomic mass is 19.4. The van der Waals surface area contributed by atoms with Gasteiger partial charge in [-0.3, -0.25) is 4.79 Å². The van der Waals surface area contributed by atoms with E-state index in [-0.39, 0.29) is 29.6 Å². The minimum atomic E-state index is -4.65. The predicted molar refractivity (Wildman–Crippen MR) is 111 cm³/mol. The molecule has 2 aliphatic heterocycles. The summed E-state index contributed by atoms with van der Waals surface area (Å²) in [4.78, 5) is 24.0. The van der Waals surface area contributed by atoms with E-state index in [1.807, 2.05) is 0 Å². The number of hydrogen-bond donors (Lipinski definition) is 6. The number of nitrogens with one attached hydrogen (secondary N) is 2. The SMILES string of the molecule is O=C(NCC1CCCCN1)c1cc(O[C@@H]2O[C@H](C(=O)O)[C@@H](O)[C@H](O)[C@H]2O)ccc1OCC(F)(F)F. The largest absolute Gasteiger partial charge is 0.483 e. The molecule has 0 bridgehead atoms. The summed E-state index contributed by atoms with van der Waals surface area (Å²) in [5.41, 5.74) is -0.303. The van der Waals surface area contributed by atoms with Gasteiger partial charge < -0.3 is 45.3 Å². The van der Waals surface area contributed by atoms with Crippen molar-refractivity contribution in [2.24, 2.45) is 0 Å². The van der Waals surface area contributed by atoms with Crippen molar-refractivity contribution in [3.05, 3.63) is 23.8 Å². The minimum absolute atomic E-state index is 0.00155. The second-order valence-electron chi connectivity index (χ2n) is 8.27. The third-order valence-electron chi connectivity index (χ3n) is 5.57. The molecule has 1 unspecified atom stereocenters. The lowest BCUT2D eigenvalue weighted by Gasteiger charge is -2.38. The number of hydrogen-bond acceptors (Lipinski definition) is 9. The van der Waals surface area contributed by atoms with Gasteiger partial charge in [0.25, 0.3) is 5.91 Å². The molecule has 196 valence electrons. The van der Waals surface area contributed by atoms with Gasteiger partial charge in [0.1, 0.15) is 29.8 Å². The fraction of sp³-hybridized carbons (Fsp3) is 0.619. The Morgan fingerprint density at radius 2 is 1.89 bits per heavy atom. The topological polar surface area (TPSA) is 167 Å². The van der Waals surface area contributed by atoms with Crippen molar-refractivity contribution in [3.8, 4) is 11.5 Å². The Balaban J connectivity index is 1.78. The van der Waals surface area contributed by atoms with Gasteiger partial charge in [0.15, 0.2) is 12.7 Å². The zero-order chi connectivity index (χ0) is 25.8. The van der Waals surface area contributed by atoms with E-state index in [4.69, 9.17) is 19.3 Å². The van der Waals surface area contributed by atoms with Crippen molar-refractivity contribution in [1.82, 2.24) is 10.6 Å². The van der Waals surface area contributed by atoms with Crippen LogP contribution < -0.4 is 20.1 Å². The molecule has 6 atom stereocenters. The van der Waals surface area contributed by atoms with E-state index in [1.165, 1.54) is 0 Å². The molecule has 2 saturated heterocycles. The lowest BCUT2D eigenvalue weighted by molar-refractivity contribution is -0.271. The van der Waals surface area contributed by atoms with Crippen LogP contribution in [-0.4, -0.2) is 94.9 Å². The number of aliphatic hydroxyl groups excluding tert-OH is 3. The monoisotopic (exact) mass is 508 g/mol. The third kappa shape index (κ3) is 7.18. The molecule has 0 radical (unpaired) electrons. The Kier molecular flexibility index (Phi) is 8.77. The molecule has 2 fully saturated rings. The maximum atomic E-state index is 12.8. The van der Waals surface area contributed by atoms with Crippen LogP contribution >= 0.6 is 0 Å². The summed E-state index contributed by atoms with van der Waals surface area (Å²) in [6.07, 6.45) is -11.3. The standard InChI is InChI=1S/C21H27F3N2O9/c22-21(23,24)9-33-13-5-4-11(7-12(13)18(30)26-8-10-3-1-2-6-25-10)34-20-16(29)14(27)15(28)17(35-20)19(31)32/h4-5,7,10,14-17,20,25,27-29H,1-3,6,8-9H2,(H,26,30)(H,31,32)/t10?,14-,15-,16+,17-,20+/m0/s1. The molecule has 35 heavy (non-hydrogen) atoms. The molecule has 0 aliphatic carbocycles. The van der Waals surface area contributed by atoms with Gasteiger partial charge >= 0.3 is 12.1 Å². The zero-order valence-electron chi connectivity index (χ0n) is 18.4. The maximum Gasteiger partial charge on any atom is 0.422 e. The first-order chi connectivity index (χ1) is 16.5. The van der Waals surface area contributed by atoms with Crippen LogP contribution in [0.4, 0.5) is 13.2 Å². The van der Waals surface area contributed by atoms with Crippen molar-refractivity contribution in [2.75, 3.05) is 19.7 Å². The molecule has 1 aromatic carbocycles. The Hall–Kier alpha value is -2.65. The van der Waals surface area contributed by atoms with Gasteiger partial charge in [-0.15, -0.1) is 0 Å². The molecule has 2 aliphatic rings. The molecule has 3 rings (SSSR count). The lowest BCUT2D eigenvalue weighted by atomic mass is 9.99. The number of amides is 1. The summed E-state index contributed by atoms with van der Waals surface area (Å²) in [6, 6.07) is 3.20. The molecule has 2 heterocycles. The fourth-order valence-corrected chi connectivity index (χ4v) is 3.74. The molecule has 1 aromatic rings. The molecule has 0 aromatic heterocycles. The second-order valence-corrected chi connectivity index (χ2v) is 8.27. The highest BCUT2D eigenvalue weighted by Gasteiger charge is 2.48. The summed E-state index contributed by atoms with van der Waals surface area (Å²) < 4.78 is 53.2. The summed E-state index contributed by atoms with van der Waals surface area (Å²) in [7, 11) is 0. The smallest absolute Gasteiger partial charge is 0.422 e. The summed E-state index contributed by atoms with van der Waals surface area (Å²) >= 11 is 0. The summed E-state index contributed by atoms with van der Waals surface area (Å²) in [5.74, 6) is -2.94. The Morgan fingerprint density at radius 3 is 2.51 bits per heavy atom. The van der Waals surface area contributed by atoms with Crippen LogP contribution in [0.15, 0.2) is 18.2 Å². The van der Waals surface area contributed by atoms with Gasteiger partial charge in [-0.05, 0) is 37.6 Å². The van der Waals surface area contributed by atoms with E-state index < -0.39 is 55.4 Å². The number of aliphatic carboxylic acids is 1. The van der Waals surface area contributed by atoms with Crippen LogP contribution in [0.5, 0.6) is 11.5 Å². The number of piperidine rings is 1. The molecule has 1 amide bonds. The Labute approximate surface area is 197 Å². The number of carbonyl (C=O) groups is 2. The van der Waals surface area contributed by atoms with E-state index >= 15 is 0 Å². The number of ether oxygens (including phenoxy) is 3. The normalized spacial score (nSPS) is 29.3. The van der Waals surface area contributed by atoms with Gasteiger partial charge in [0.2, 0.25) is 6.29 Å². The van der Waals surface area contributed by atoms with Crippen LogP contribution in [-0.2, 0) is 9.53 Å². The van der Waals surface area contributed by atoms with Crippen molar-refractivity contribution in [3.63, 3.8) is 0 Å². The van der Waals surface area contributed by atoms with Crippen molar-refractivity contribution in [2.45, 2.75) is 62.2 Å². The first-order valence-corrected chi connectivity index (χ1v) is 10.9.